The molecule has 0 saturated carbocycles. The van der Waals surface area contributed by atoms with Gasteiger partial charge in [-0.25, -0.2) is 0 Å². The van der Waals surface area contributed by atoms with E-state index in [1.165, 1.54) is 0 Å². The van der Waals surface area contributed by atoms with E-state index in [2.05, 4.69) is 39.5 Å². The molecular formula is C14H21N5O2S2. The summed E-state index contributed by atoms with van der Waals surface area (Å²) in [5.74, 6) is 2.56. The molecule has 2 aromatic rings. The predicted molar refractivity (Wildman–Crippen MR) is 89.8 cm³/mol. The van der Waals surface area contributed by atoms with Gasteiger partial charge in [0.05, 0.1) is 11.9 Å². The van der Waals surface area contributed by atoms with Crippen molar-refractivity contribution < 1.29 is 9.26 Å². The lowest BCUT2D eigenvalue weighted by atomic mass is 10.1. The highest BCUT2D eigenvalue weighted by molar-refractivity contribution is 8.00. The Morgan fingerprint density at radius 3 is 3.09 bits per heavy atom. The number of hydrogen-bond donors (Lipinski definition) is 1. The van der Waals surface area contributed by atoms with Crippen molar-refractivity contribution in [2.24, 2.45) is 5.92 Å². The van der Waals surface area contributed by atoms with Crippen molar-refractivity contribution in [2.75, 3.05) is 18.5 Å². The molecule has 3 heterocycles. The zero-order valence-electron chi connectivity index (χ0n) is 13.3. The van der Waals surface area contributed by atoms with Crippen LogP contribution in [0.15, 0.2) is 8.86 Å². The molecular weight excluding hydrogens is 334 g/mol. The molecule has 3 rings (SSSR count). The number of nitrogens with one attached hydrogen (secondary N) is 1. The molecule has 1 aliphatic heterocycles. The fourth-order valence-corrected chi connectivity index (χ4v) is 3.86. The molecule has 0 bridgehead atoms. The first kappa shape index (κ1) is 16.7. The fourth-order valence-electron chi connectivity index (χ4n) is 2.25. The van der Waals surface area contributed by atoms with Crippen molar-refractivity contribution >= 4 is 28.2 Å². The van der Waals surface area contributed by atoms with E-state index in [-0.39, 0.29) is 0 Å². The summed E-state index contributed by atoms with van der Waals surface area (Å²) in [5.41, 5.74) is 0. The summed E-state index contributed by atoms with van der Waals surface area (Å²) < 4.78 is 11.7. The zero-order valence-corrected chi connectivity index (χ0v) is 15.0. The van der Waals surface area contributed by atoms with Gasteiger partial charge in [0, 0.05) is 19.6 Å². The third-order valence-corrected chi connectivity index (χ3v) is 5.34. The predicted octanol–water partition coefficient (Wildman–Crippen LogP) is 3.00. The molecule has 2 aromatic heterocycles. The topological polar surface area (TPSA) is 86.0 Å². The quantitative estimate of drug-likeness (QED) is 0.723. The lowest BCUT2D eigenvalue weighted by molar-refractivity contribution is 0.120. The normalized spacial score (nSPS) is 18.0. The van der Waals surface area contributed by atoms with Gasteiger partial charge in [-0.2, -0.15) is 4.98 Å². The minimum absolute atomic E-state index is 0.300. The summed E-state index contributed by atoms with van der Waals surface area (Å²) in [6.45, 7) is 5.92. The van der Waals surface area contributed by atoms with E-state index in [1.807, 2.05) is 0 Å². The largest absolute Gasteiger partial charge is 0.376 e. The molecule has 9 heteroatoms. The van der Waals surface area contributed by atoms with Crippen LogP contribution in [0, 0.1) is 5.92 Å². The Labute approximate surface area is 143 Å². The van der Waals surface area contributed by atoms with E-state index in [0.717, 1.165) is 41.9 Å². The Morgan fingerprint density at radius 1 is 1.39 bits per heavy atom. The van der Waals surface area contributed by atoms with Crippen LogP contribution in [0.25, 0.3) is 0 Å². The SMILES string of the molecule is CC(C)Cc1nc(CSc2nnc(NCC3CCCO3)s2)no1. The van der Waals surface area contributed by atoms with Crippen LogP contribution in [0.1, 0.15) is 38.4 Å². The highest BCUT2D eigenvalue weighted by Gasteiger charge is 2.16. The van der Waals surface area contributed by atoms with Gasteiger partial charge in [0.1, 0.15) is 0 Å². The van der Waals surface area contributed by atoms with Crippen LogP contribution in [0.2, 0.25) is 0 Å². The highest BCUT2D eigenvalue weighted by atomic mass is 32.2. The lowest BCUT2D eigenvalue weighted by Crippen LogP contribution is -2.18. The standard InChI is InChI=1S/C14H21N5O2S2/c1-9(2)6-12-16-11(19-21-12)8-22-14-18-17-13(23-14)15-7-10-4-3-5-20-10/h9-10H,3-8H2,1-2H3,(H,15,17). The van der Waals surface area contributed by atoms with Crippen LogP contribution >= 0.6 is 23.1 Å². The van der Waals surface area contributed by atoms with Gasteiger partial charge in [-0.3, -0.25) is 0 Å². The molecule has 23 heavy (non-hydrogen) atoms. The van der Waals surface area contributed by atoms with E-state index in [0.29, 0.717) is 29.5 Å². The molecule has 0 aliphatic carbocycles. The van der Waals surface area contributed by atoms with Crippen molar-refractivity contribution in [2.45, 2.75) is 49.3 Å². The monoisotopic (exact) mass is 355 g/mol. The molecule has 1 atom stereocenters. The summed E-state index contributed by atoms with van der Waals surface area (Å²) in [7, 11) is 0. The van der Waals surface area contributed by atoms with Crippen LogP contribution in [-0.2, 0) is 16.9 Å². The maximum absolute atomic E-state index is 5.58. The molecule has 1 unspecified atom stereocenters. The van der Waals surface area contributed by atoms with Crippen LogP contribution in [0.4, 0.5) is 5.13 Å². The van der Waals surface area contributed by atoms with Gasteiger partial charge in [-0.15, -0.1) is 10.2 Å². The van der Waals surface area contributed by atoms with Gasteiger partial charge in [-0.1, -0.05) is 42.1 Å². The van der Waals surface area contributed by atoms with Crippen LogP contribution in [0.3, 0.4) is 0 Å². The summed E-state index contributed by atoms with van der Waals surface area (Å²) in [5, 5.41) is 16.4. The van der Waals surface area contributed by atoms with Gasteiger partial charge in [0.15, 0.2) is 10.2 Å². The van der Waals surface area contributed by atoms with E-state index in [9.17, 15) is 0 Å². The number of thioether (sulfide) groups is 1. The third kappa shape index (κ3) is 5.15. The second kappa shape index (κ2) is 8.07. The van der Waals surface area contributed by atoms with Gasteiger partial charge < -0.3 is 14.6 Å². The van der Waals surface area contributed by atoms with Crippen molar-refractivity contribution in [3.8, 4) is 0 Å². The third-order valence-electron chi connectivity index (χ3n) is 3.33. The van der Waals surface area contributed by atoms with E-state index in [1.54, 1.807) is 23.1 Å². The van der Waals surface area contributed by atoms with E-state index in [4.69, 9.17) is 9.26 Å². The molecule has 1 saturated heterocycles. The molecule has 0 spiro atoms. The number of anilines is 1. The Balaban J connectivity index is 1.44. The van der Waals surface area contributed by atoms with Crippen molar-refractivity contribution in [1.82, 2.24) is 20.3 Å². The number of rotatable bonds is 8. The average Bonchev–Trinajstić information content (AvgIpc) is 3.25. The second-order valence-electron chi connectivity index (χ2n) is 5.88. The maximum Gasteiger partial charge on any atom is 0.226 e. The molecule has 0 radical (unpaired) electrons. The van der Waals surface area contributed by atoms with E-state index >= 15 is 0 Å². The fraction of sp³-hybridized carbons (Fsp3) is 0.714. The first-order chi connectivity index (χ1) is 11.2. The Morgan fingerprint density at radius 2 is 2.30 bits per heavy atom. The molecule has 0 amide bonds. The minimum Gasteiger partial charge on any atom is -0.376 e. The lowest BCUT2D eigenvalue weighted by Gasteiger charge is -2.08. The van der Waals surface area contributed by atoms with Gasteiger partial charge in [0.25, 0.3) is 0 Å². The van der Waals surface area contributed by atoms with E-state index < -0.39 is 0 Å². The molecule has 1 aliphatic rings. The summed E-state index contributed by atoms with van der Waals surface area (Å²) in [4.78, 5) is 4.39. The Kier molecular flexibility index (Phi) is 5.85. The summed E-state index contributed by atoms with van der Waals surface area (Å²) in [6, 6.07) is 0. The number of aromatic nitrogens is 4. The maximum atomic E-state index is 5.58. The van der Waals surface area contributed by atoms with Crippen LogP contribution in [0.5, 0.6) is 0 Å². The van der Waals surface area contributed by atoms with Gasteiger partial charge in [0.2, 0.25) is 11.0 Å². The first-order valence-electron chi connectivity index (χ1n) is 7.82. The number of hydrogen-bond acceptors (Lipinski definition) is 9. The first-order valence-corrected chi connectivity index (χ1v) is 9.62. The average molecular weight is 355 g/mol. The molecule has 1 N–H and O–H groups in total. The van der Waals surface area contributed by atoms with Gasteiger partial charge in [-0.05, 0) is 18.8 Å². The number of ether oxygens (including phenoxy) is 1. The minimum atomic E-state index is 0.300. The van der Waals surface area contributed by atoms with Crippen LogP contribution in [-0.4, -0.2) is 39.6 Å². The zero-order chi connectivity index (χ0) is 16.1. The summed E-state index contributed by atoms with van der Waals surface area (Å²) in [6.07, 6.45) is 3.37. The van der Waals surface area contributed by atoms with Crippen molar-refractivity contribution in [3.63, 3.8) is 0 Å². The molecule has 1 fully saturated rings. The Hall–Kier alpha value is -1.19. The molecule has 7 nitrogen and oxygen atoms in total. The van der Waals surface area contributed by atoms with Crippen molar-refractivity contribution in [3.05, 3.63) is 11.7 Å². The molecule has 126 valence electrons. The smallest absolute Gasteiger partial charge is 0.226 e. The molecule has 0 aromatic carbocycles. The second-order valence-corrected chi connectivity index (χ2v) is 8.08. The Bertz CT molecular complexity index is 610. The summed E-state index contributed by atoms with van der Waals surface area (Å²) >= 11 is 3.11. The number of nitrogens with zero attached hydrogens (tertiary/aromatic N) is 4. The van der Waals surface area contributed by atoms with Crippen LogP contribution < -0.4 is 5.32 Å². The van der Waals surface area contributed by atoms with Crippen molar-refractivity contribution in [1.29, 1.82) is 0 Å². The van der Waals surface area contributed by atoms with Gasteiger partial charge >= 0.3 is 0 Å². The highest BCUT2D eigenvalue weighted by Crippen LogP contribution is 2.28.